The summed E-state index contributed by atoms with van der Waals surface area (Å²) in [6, 6.07) is 2.01. The SMILES string of the molecule is CC1(C)C=CC(=O)C(C#N)C1. The van der Waals surface area contributed by atoms with Crippen LogP contribution in [0, 0.1) is 22.7 Å². The molecule has 1 aliphatic carbocycles. The minimum absolute atomic E-state index is 0.00824. The Hall–Kier alpha value is -1.10. The Bertz CT molecular complexity index is 245. The summed E-state index contributed by atoms with van der Waals surface area (Å²) in [7, 11) is 0. The van der Waals surface area contributed by atoms with Crippen LogP contribution in [0.3, 0.4) is 0 Å². The number of rotatable bonds is 0. The second-order valence-electron chi connectivity index (χ2n) is 3.61. The van der Waals surface area contributed by atoms with E-state index in [4.69, 9.17) is 5.26 Å². The first-order chi connectivity index (χ1) is 5.05. The molecule has 0 aromatic heterocycles. The minimum atomic E-state index is -0.421. The van der Waals surface area contributed by atoms with Crippen molar-refractivity contribution >= 4 is 5.78 Å². The van der Waals surface area contributed by atoms with Crippen molar-refractivity contribution in [2.75, 3.05) is 0 Å². The number of allylic oxidation sites excluding steroid dienone is 2. The van der Waals surface area contributed by atoms with Crippen molar-refractivity contribution in [2.45, 2.75) is 20.3 Å². The van der Waals surface area contributed by atoms with Gasteiger partial charge in [0.25, 0.3) is 0 Å². The molecule has 1 atom stereocenters. The third-order valence-electron chi connectivity index (χ3n) is 1.93. The van der Waals surface area contributed by atoms with Crippen molar-refractivity contribution in [3.63, 3.8) is 0 Å². The molecular weight excluding hydrogens is 138 g/mol. The van der Waals surface area contributed by atoms with E-state index in [1.807, 2.05) is 26.0 Å². The highest BCUT2D eigenvalue weighted by molar-refractivity contribution is 5.94. The highest BCUT2D eigenvalue weighted by Gasteiger charge is 2.28. The van der Waals surface area contributed by atoms with Crippen molar-refractivity contribution in [3.05, 3.63) is 12.2 Å². The van der Waals surface area contributed by atoms with Crippen LogP contribution in [0.2, 0.25) is 0 Å². The molecule has 0 N–H and O–H groups in total. The molecule has 0 aliphatic heterocycles. The van der Waals surface area contributed by atoms with Crippen LogP contribution in [-0.4, -0.2) is 5.78 Å². The molecule has 1 rings (SSSR count). The minimum Gasteiger partial charge on any atom is -0.293 e. The molecule has 1 aliphatic rings. The largest absolute Gasteiger partial charge is 0.293 e. The van der Waals surface area contributed by atoms with E-state index < -0.39 is 5.92 Å². The van der Waals surface area contributed by atoms with Crippen molar-refractivity contribution in [2.24, 2.45) is 11.3 Å². The molecule has 11 heavy (non-hydrogen) atoms. The zero-order valence-electron chi connectivity index (χ0n) is 6.79. The molecule has 0 heterocycles. The van der Waals surface area contributed by atoms with Gasteiger partial charge in [0.1, 0.15) is 5.92 Å². The summed E-state index contributed by atoms with van der Waals surface area (Å²) in [5.41, 5.74) is 0.00824. The Balaban J connectivity index is 2.86. The molecule has 0 saturated carbocycles. The molecular formula is C9H11NO. The van der Waals surface area contributed by atoms with Gasteiger partial charge in [-0.25, -0.2) is 0 Å². The number of hydrogen-bond donors (Lipinski definition) is 0. The molecule has 0 saturated heterocycles. The van der Waals surface area contributed by atoms with Gasteiger partial charge in [-0.15, -0.1) is 0 Å². The van der Waals surface area contributed by atoms with Gasteiger partial charge in [0.05, 0.1) is 6.07 Å². The van der Waals surface area contributed by atoms with E-state index >= 15 is 0 Å². The molecule has 2 nitrogen and oxygen atoms in total. The molecule has 2 heteroatoms. The lowest BCUT2D eigenvalue weighted by atomic mass is 9.77. The van der Waals surface area contributed by atoms with E-state index in [2.05, 4.69) is 0 Å². The van der Waals surface area contributed by atoms with Crippen LogP contribution in [0.1, 0.15) is 20.3 Å². The fourth-order valence-electron chi connectivity index (χ4n) is 1.23. The second kappa shape index (κ2) is 2.50. The van der Waals surface area contributed by atoms with Gasteiger partial charge >= 0.3 is 0 Å². The van der Waals surface area contributed by atoms with Gasteiger partial charge in [0.2, 0.25) is 0 Å². The highest BCUT2D eigenvalue weighted by atomic mass is 16.1. The maximum absolute atomic E-state index is 11.0. The van der Waals surface area contributed by atoms with E-state index in [-0.39, 0.29) is 11.2 Å². The molecule has 0 aromatic carbocycles. The summed E-state index contributed by atoms with van der Waals surface area (Å²) in [6.45, 7) is 4.06. The van der Waals surface area contributed by atoms with E-state index in [1.54, 1.807) is 0 Å². The lowest BCUT2D eigenvalue weighted by Gasteiger charge is -2.25. The van der Waals surface area contributed by atoms with E-state index in [0.29, 0.717) is 6.42 Å². The maximum Gasteiger partial charge on any atom is 0.172 e. The summed E-state index contributed by atoms with van der Waals surface area (Å²) in [5, 5.41) is 8.59. The average molecular weight is 149 g/mol. The van der Waals surface area contributed by atoms with Gasteiger partial charge < -0.3 is 0 Å². The maximum atomic E-state index is 11.0. The topological polar surface area (TPSA) is 40.9 Å². The first kappa shape index (κ1) is 8.00. The second-order valence-corrected chi connectivity index (χ2v) is 3.61. The zero-order valence-corrected chi connectivity index (χ0v) is 6.79. The monoisotopic (exact) mass is 149 g/mol. The zero-order chi connectivity index (χ0) is 8.48. The number of nitrogens with zero attached hydrogens (tertiary/aromatic N) is 1. The molecule has 0 fully saturated rings. The van der Waals surface area contributed by atoms with Crippen LogP contribution in [0.4, 0.5) is 0 Å². The van der Waals surface area contributed by atoms with Gasteiger partial charge in [0, 0.05) is 0 Å². The number of nitriles is 1. The van der Waals surface area contributed by atoms with Gasteiger partial charge in [-0.05, 0) is 17.9 Å². The van der Waals surface area contributed by atoms with Crippen LogP contribution in [0.25, 0.3) is 0 Å². The number of carbonyl (C=O) groups excluding carboxylic acids is 1. The van der Waals surface area contributed by atoms with Gasteiger partial charge in [-0.2, -0.15) is 5.26 Å². The fourth-order valence-corrected chi connectivity index (χ4v) is 1.23. The number of hydrogen-bond acceptors (Lipinski definition) is 2. The van der Waals surface area contributed by atoms with Gasteiger partial charge in [-0.3, -0.25) is 4.79 Å². The quantitative estimate of drug-likeness (QED) is 0.525. The summed E-state index contributed by atoms with van der Waals surface area (Å²) in [6.07, 6.45) is 4.05. The lowest BCUT2D eigenvalue weighted by Crippen LogP contribution is -2.24. The molecule has 0 aromatic rings. The molecule has 0 radical (unpaired) electrons. The van der Waals surface area contributed by atoms with E-state index in [0.717, 1.165) is 0 Å². The Morgan fingerprint density at radius 1 is 1.73 bits per heavy atom. The third kappa shape index (κ3) is 1.68. The standard InChI is InChI=1S/C9H11NO/c1-9(2)4-3-8(11)7(5-9)6-10/h3-4,7H,5H2,1-2H3. The molecule has 58 valence electrons. The molecule has 0 amide bonds. The van der Waals surface area contributed by atoms with Crippen molar-refractivity contribution in [1.29, 1.82) is 5.26 Å². The molecule has 0 bridgehead atoms. The number of carbonyl (C=O) groups is 1. The predicted molar refractivity (Wildman–Crippen MR) is 41.6 cm³/mol. The van der Waals surface area contributed by atoms with E-state index in [9.17, 15) is 4.79 Å². The molecule has 1 unspecified atom stereocenters. The first-order valence-corrected chi connectivity index (χ1v) is 3.68. The van der Waals surface area contributed by atoms with Crippen LogP contribution >= 0.6 is 0 Å². The van der Waals surface area contributed by atoms with Crippen LogP contribution in [0.15, 0.2) is 12.2 Å². The Morgan fingerprint density at radius 2 is 2.36 bits per heavy atom. The average Bonchev–Trinajstić information content (AvgIpc) is 1.94. The summed E-state index contributed by atoms with van der Waals surface area (Å²) in [4.78, 5) is 11.0. The summed E-state index contributed by atoms with van der Waals surface area (Å²) >= 11 is 0. The van der Waals surface area contributed by atoms with Crippen molar-refractivity contribution < 1.29 is 4.79 Å². The predicted octanol–water partition coefficient (Wildman–Crippen LogP) is 1.68. The normalized spacial score (nSPS) is 28.1. The van der Waals surface area contributed by atoms with Gasteiger partial charge in [0.15, 0.2) is 5.78 Å². The van der Waals surface area contributed by atoms with E-state index in [1.165, 1.54) is 6.08 Å². The Morgan fingerprint density at radius 3 is 2.82 bits per heavy atom. The highest BCUT2D eigenvalue weighted by Crippen LogP contribution is 2.31. The van der Waals surface area contributed by atoms with Crippen molar-refractivity contribution in [1.82, 2.24) is 0 Å². The van der Waals surface area contributed by atoms with Gasteiger partial charge in [-0.1, -0.05) is 19.9 Å². The fraction of sp³-hybridized carbons (Fsp3) is 0.556. The van der Waals surface area contributed by atoms with Crippen LogP contribution in [0.5, 0.6) is 0 Å². The smallest absolute Gasteiger partial charge is 0.172 e. The van der Waals surface area contributed by atoms with Crippen molar-refractivity contribution in [3.8, 4) is 6.07 Å². The Labute approximate surface area is 66.5 Å². The third-order valence-corrected chi connectivity index (χ3v) is 1.93. The summed E-state index contributed by atoms with van der Waals surface area (Å²) in [5.74, 6) is -0.471. The van der Waals surface area contributed by atoms with Crippen LogP contribution in [-0.2, 0) is 4.79 Å². The van der Waals surface area contributed by atoms with Crippen LogP contribution < -0.4 is 0 Å². The first-order valence-electron chi connectivity index (χ1n) is 3.68. The lowest BCUT2D eigenvalue weighted by molar-refractivity contribution is -0.117. The molecule has 0 spiro atoms. The summed E-state index contributed by atoms with van der Waals surface area (Å²) < 4.78 is 0. The number of ketones is 1. The Kier molecular flexibility index (Phi) is 1.82.